The van der Waals surface area contributed by atoms with E-state index >= 15 is 0 Å². The van der Waals surface area contributed by atoms with Gasteiger partial charge in [0, 0.05) is 42.5 Å². The van der Waals surface area contributed by atoms with Gasteiger partial charge in [-0.25, -0.2) is 4.98 Å². The van der Waals surface area contributed by atoms with E-state index in [9.17, 15) is 18.3 Å². The van der Waals surface area contributed by atoms with E-state index in [0.29, 0.717) is 29.3 Å². The molecule has 1 aliphatic carbocycles. The number of rotatable bonds is 12. The van der Waals surface area contributed by atoms with Gasteiger partial charge < -0.3 is 25.8 Å². The second-order valence-corrected chi connectivity index (χ2v) is 10.1. The van der Waals surface area contributed by atoms with Crippen LogP contribution in [0.1, 0.15) is 42.4 Å². The fourth-order valence-corrected chi connectivity index (χ4v) is 4.94. The first-order valence-electron chi connectivity index (χ1n) is 13.3. The van der Waals surface area contributed by atoms with Crippen molar-refractivity contribution >= 4 is 11.8 Å². The maximum Gasteiger partial charge on any atom is 0.573 e. The Balaban J connectivity index is 1.24. The number of nitrogens with zero attached hydrogens (tertiary/aromatic N) is 2. The molecule has 0 aliphatic heterocycles. The first kappa shape index (κ1) is 28.6. The molecule has 3 aromatic rings. The van der Waals surface area contributed by atoms with Gasteiger partial charge in [0.05, 0.1) is 6.61 Å². The Morgan fingerprint density at radius 3 is 2.44 bits per heavy atom. The van der Waals surface area contributed by atoms with Crippen LogP contribution >= 0.6 is 0 Å². The van der Waals surface area contributed by atoms with Gasteiger partial charge >= 0.3 is 6.36 Å². The van der Waals surface area contributed by atoms with Crippen LogP contribution in [-0.4, -0.2) is 46.7 Å². The molecule has 0 spiro atoms. The van der Waals surface area contributed by atoms with Gasteiger partial charge in [-0.2, -0.15) is 4.98 Å². The third-order valence-corrected chi connectivity index (χ3v) is 7.03. The average molecular weight is 544 g/mol. The zero-order chi connectivity index (χ0) is 27.7. The zero-order valence-electron chi connectivity index (χ0n) is 22.0. The Morgan fingerprint density at radius 2 is 1.72 bits per heavy atom. The molecule has 4 rings (SSSR count). The number of halogens is 3. The quantitative estimate of drug-likeness (QED) is 0.241. The summed E-state index contributed by atoms with van der Waals surface area (Å²) in [6.07, 6.45) is 1.98. The number of ether oxygens (including phenoxy) is 1. The fraction of sp³-hybridized carbons (Fsp3) is 0.448. The van der Waals surface area contributed by atoms with E-state index in [4.69, 9.17) is 0 Å². The van der Waals surface area contributed by atoms with E-state index in [2.05, 4.69) is 42.8 Å². The van der Waals surface area contributed by atoms with E-state index in [1.807, 2.05) is 25.1 Å². The second kappa shape index (κ2) is 13.6. The Bertz CT molecular complexity index is 1170. The summed E-state index contributed by atoms with van der Waals surface area (Å²) >= 11 is 0. The molecule has 1 saturated carbocycles. The lowest BCUT2D eigenvalue weighted by Crippen LogP contribution is -2.44. The monoisotopic (exact) mass is 543 g/mol. The molecule has 1 atom stereocenters. The van der Waals surface area contributed by atoms with E-state index in [0.717, 1.165) is 44.2 Å². The van der Waals surface area contributed by atoms with Crippen LogP contribution in [0.4, 0.5) is 24.9 Å². The van der Waals surface area contributed by atoms with Gasteiger partial charge in [0.25, 0.3) is 0 Å². The summed E-state index contributed by atoms with van der Waals surface area (Å²) in [4.78, 5) is 8.82. The molecule has 0 unspecified atom stereocenters. The smallest absolute Gasteiger partial charge is 0.405 e. The lowest BCUT2D eigenvalue weighted by molar-refractivity contribution is -0.274. The summed E-state index contributed by atoms with van der Waals surface area (Å²) in [5, 5.41) is 19.9. The number of hydrogen-bond acceptors (Lipinski definition) is 7. The highest BCUT2D eigenvalue weighted by atomic mass is 19.4. The molecular weight excluding hydrogens is 507 g/mol. The number of nitrogens with one attached hydrogen (secondary N) is 3. The SMILES string of the molecule is Cc1cnc(NCc2ccccc2OC(F)(F)F)nc1NCC1CCC(N[C@H](CO)Cc2ccccc2)CC1. The number of alkyl halides is 3. The van der Waals surface area contributed by atoms with Gasteiger partial charge in [0.1, 0.15) is 11.6 Å². The first-order valence-corrected chi connectivity index (χ1v) is 13.3. The fourth-order valence-electron chi connectivity index (χ4n) is 4.94. The minimum atomic E-state index is -4.76. The molecule has 1 aromatic heterocycles. The summed E-state index contributed by atoms with van der Waals surface area (Å²) in [5.41, 5.74) is 2.46. The molecule has 4 N–H and O–H groups in total. The summed E-state index contributed by atoms with van der Waals surface area (Å²) in [7, 11) is 0. The van der Waals surface area contributed by atoms with Crippen LogP contribution in [0, 0.1) is 12.8 Å². The van der Waals surface area contributed by atoms with Crippen LogP contribution in [-0.2, 0) is 13.0 Å². The highest BCUT2D eigenvalue weighted by Crippen LogP contribution is 2.28. The Morgan fingerprint density at radius 1 is 1.00 bits per heavy atom. The van der Waals surface area contributed by atoms with E-state index < -0.39 is 6.36 Å². The standard InChI is InChI=1S/C29H36F3N5O2/c1-20-16-34-28(35-18-23-9-5-6-10-26(23)39-29(30,31)32)37-27(20)33-17-22-11-13-24(14-12-22)36-25(19-38)15-21-7-3-2-4-8-21/h2-10,16,22,24-25,36,38H,11-15,17-19H2,1H3,(H2,33,34,35,37)/t22?,24?,25-/m0/s1. The topological polar surface area (TPSA) is 91.3 Å². The highest BCUT2D eigenvalue weighted by molar-refractivity contribution is 5.47. The summed E-state index contributed by atoms with van der Waals surface area (Å²) < 4.78 is 42.2. The lowest BCUT2D eigenvalue weighted by atomic mass is 9.85. The van der Waals surface area contributed by atoms with Crippen molar-refractivity contribution < 1.29 is 23.0 Å². The van der Waals surface area contributed by atoms with Crippen LogP contribution < -0.4 is 20.7 Å². The molecule has 0 bridgehead atoms. The van der Waals surface area contributed by atoms with Crippen LogP contribution in [0.3, 0.4) is 0 Å². The highest BCUT2D eigenvalue weighted by Gasteiger charge is 2.32. The van der Waals surface area contributed by atoms with Crippen molar-refractivity contribution in [3.8, 4) is 5.75 Å². The van der Waals surface area contributed by atoms with Crippen molar-refractivity contribution in [2.75, 3.05) is 23.8 Å². The second-order valence-electron chi connectivity index (χ2n) is 10.1. The Hall–Kier alpha value is -3.37. The normalized spacial score (nSPS) is 18.4. The van der Waals surface area contributed by atoms with Crippen molar-refractivity contribution in [2.24, 2.45) is 5.92 Å². The largest absolute Gasteiger partial charge is 0.573 e. The number of para-hydroxylation sites is 1. The predicted molar refractivity (Wildman–Crippen MR) is 146 cm³/mol. The Kier molecular flexibility index (Phi) is 10.00. The van der Waals surface area contributed by atoms with Crippen molar-refractivity contribution in [3.05, 3.63) is 77.5 Å². The summed E-state index contributed by atoms with van der Waals surface area (Å²) in [6.45, 7) is 2.90. The van der Waals surface area contributed by atoms with Crippen LogP contribution in [0.2, 0.25) is 0 Å². The van der Waals surface area contributed by atoms with Gasteiger partial charge in [-0.3, -0.25) is 0 Å². The number of aliphatic hydroxyl groups excluding tert-OH is 1. The molecule has 10 heteroatoms. The maximum atomic E-state index is 12.7. The molecule has 7 nitrogen and oxygen atoms in total. The summed E-state index contributed by atoms with van der Waals surface area (Å²) in [5.74, 6) is 1.28. The molecule has 1 aliphatic rings. The Labute approximate surface area is 227 Å². The van der Waals surface area contributed by atoms with Crippen molar-refractivity contribution in [1.29, 1.82) is 0 Å². The van der Waals surface area contributed by atoms with Crippen LogP contribution in [0.25, 0.3) is 0 Å². The van der Waals surface area contributed by atoms with Gasteiger partial charge in [0.15, 0.2) is 0 Å². The van der Waals surface area contributed by atoms with Crippen molar-refractivity contribution in [2.45, 2.75) is 64.0 Å². The van der Waals surface area contributed by atoms with Crippen molar-refractivity contribution in [1.82, 2.24) is 15.3 Å². The summed E-state index contributed by atoms with van der Waals surface area (Å²) in [6, 6.07) is 16.7. The maximum absolute atomic E-state index is 12.7. The minimum Gasteiger partial charge on any atom is -0.405 e. The van der Waals surface area contributed by atoms with Gasteiger partial charge in [-0.1, -0.05) is 48.5 Å². The lowest BCUT2D eigenvalue weighted by Gasteiger charge is -2.32. The number of aryl methyl sites for hydroxylation is 1. The number of anilines is 2. The van der Waals surface area contributed by atoms with Crippen LogP contribution in [0.5, 0.6) is 5.75 Å². The molecular formula is C29H36F3N5O2. The minimum absolute atomic E-state index is 0.0497. The third-order valence-electron chi connectivity index (χ3n) is 7.03. The van der Waals surface area contributed by atoms with Gasteiger partial charge in [-0.15, -0.1) is 13.2 Å². The molecule has 0 saturated heterocycles. The number of aromatic nitrogens is 2. The third kappa shape index (κ3) is 9.11. The molecule has 1 heterocycles. The molecule has 0 radical (unpaired) electrons. The average Bonchev–Trinajstić information content (AvgIpc) is 2.92. The number of benzene rings is 2. The molecule has 2 aromatic carbocycles. The van der Waals surface area contributed by atoms with E-state index in [-0.39, 0.29) is 24.9 Å². The number of aliphatic hydroxyl groups is 1. The predicted octanol–water partition coefficient (Wildman–Crippen LogP) is 5.46. The van der Waals surface area contributed by atoms with Gasteiger partial charge in [0.2, 0.25) is 5.95 Å². The molecule has 1 fully saturated rings. The van der Waals surface area contributed by atoms with Crippen LogP contribution in [0.15, 0.2) is 60.8 Å². The van der Waals surface area contributed by atoms with Crippen molar-refractivity contribution in [3.63, 3.8) is 0 Å². The molecule has 39 heavy (non-hydrogen) atoms. The van der Waals surface area contributed by atoms with E-state index in [1.54, 1.807) is 18.3 Å². The first-order chi connectivity index (χ1) is 18.8. The van der Waals surface area contributed by atoms with E-state index in [1.165, 1.54) is 17.7 Å². The number of hydrogen-bond donors (Lipinski definition) is 4. The molecule has 210 valence electrons. The molecule has 0 amide bonds. The van der Waals surface area contributed by atoms with Gasteiger partial charge in [-0.05, 0) is 56.6 Å². The zero-order valence-corrected chi connectivity index (χ0v) is 22.0.